The number of piperidine rings is 1. The van der Waals surface area contributed by atoms with Gasteiger partial charge in [-0.3, -0.25) is 62.5 Å². The van der Waals surface area contributed by atoms with Crippen LogP contribution in [0.15, 0.2) is 96.8 Å². The van der Waals surface area contributed by atoms with Crippen molar-refractivity contribution in [3.05, 3.63) is 148 Å². The van der Waals surface area contributed by atoms with Crippen molar-refractivity contribution >= 4 is 93.5 Å². The average molecular weight is 1670 g/mol. The van der Waals surface area contributed by atoms with Gasteiger partial charge in [0.25, 0.3) is 29.5 Å². The molecule has 9 heterocycles. The van der Waals surface area contributed by atoms with E-state index in [2.05, 4.69) is 77.5 Å². The van der Waals surface area contributed by atoms with Crippen LogP contribution in [0.3, 0.4) is 0 Å². The minimum Gasteiger partial charge on any atom is -0.497 e. The highest BCUT2D eigenvalue weighted by atomic mass is 35.5. The van der Waals surface area contributed by atoms with Crippen molar-refractivity contribution in [2.75, 3.05) is 180 Å². The highest BCUT2D eigenvalue weighted by Crippen LogP contribution is 2.36. The lowest BCUT2D eigenvalue weighted by Gasteiger charge is -2.42. The first kappa shape index (κ1) is 88.3. The van der Waals surface area contributed by atoms with Crippen LogP contribution in [-0.4, -0.2) is 291 Å². The number of nitrogens with one attached hydrogen (secondary N) is 8. The van der Waals surface area contributed by atoms with E-state index in [4.69, 9.17) is 49.8 Å². The number of piperazine rings is 1. The van der Waals surface area contributed by atoms with Crippen LogP contribution >= 0.6 is 11.6 Å². The van der Waals surface area contributed by atoms with Crippen LogP contribution in [0.4, 0.5) is 23.0 Å². The molecule has 3 aliphatic rings. The number of hydrogen-bond donors (Lipinski definition) is 8. The zero-order valence-corrected chi connectivity index (χ0v) is 68.7. The molecule has 11 rings (SSSR count). The van der Waals surface area contributed by atoms with Gasteiger partial charge in [-0.05, 0) is 62.2 Å². The van der Waals surface area contributed by atoms with E-state index in [1.165, 1.54) is 55.2 Å². The molecule has 40 heteroatoms. The lowest BCUT2D eigenvalue weighted by molar-refractivity contribution is -0.133. The van der Waals surface area contributed by atoms with E-state index in [1.807, 2.05) is 58.9 Å². The lowest BCUT2D eigenvalue weighted by atomic mass is 9.99. The molecule has 2 aromatic carbocycles. The Hall–Kier alpha value is -11.6. The first-order valence-electron chi connectivity index (χ1n) is 39.4. The molecule has 1 atom stereocenters. The highest BCUT2D eigenvalue weighted by Gasteiger charge is 2.35. The molecule has 0 aliphatic carbocycles. The number of fused-ring (bicyclic) bond motifs is 3. The number of ether oxygens (including phenoxy) is 7. The molecule has 3 aliphatic heterocycles. The maximum Gasteiger partial charge on any atom is 0.291 e. The number of rotatable bonds is 44. The van der Waals surface area contributed by atoms with Gasteiger partial charge in [-0.2, -0.15) is 0 Å². The number of carbonyl (C=O) groups is 9. The van der Waals surface area contributed by atoms with E-state index >= 15 is 0 Å². The van der Waals surface area contributed by atoms with Crippen molar-refractivity contribution in [1.82, 2.24) is 88.5 Å². The Balaban J connectivity index is 0.448. The Bertz CT molecular complexity index is 4840. The summed E-state index contributed by atoms with van der Waals surface area (Å²) in [4.78, 5) is 142. The number of hydrogen-bond acceptors (Lipinski definition) is 24. The third-order valence-electron chi connectivity index (χ3n) is 20.0. The summed E-state index contributed by atoms with van der Waals surface area (Å²) in [6, 6.07) is 16.3. The number of anilines is 4. The number of carbonyl (C=O) groups excluding carboxylic acids is 9. The van der Waals surface area contributed by atoms with Crippen molar-refractivity contribution in [2.24, 2.45) is 40.2 Å². The van der Waals surface area contributed by atoms with Gasteiger partial charge in [0.05, 0.1) is 116 Å². The van der Waals surface area contributed by atoms with Crippen LogP contribution < -0.4 is 47.3 Å². The number of aryl methyl sites for hydroxylation is 6. The zero-order chi connectivity index (χ0) is 84.3. The summed E-state index contributed by atoms with van der Waals surface area (Å²) < 4.78 is 49.0. The van der Waals surface area contributed by atoms with Gasteiger partial charge in [0, 0.05) is 186 Å². The second kappa shape index (κ2) is 43.8. The maximum absolute atomic E-state index is 14.1. The fourth-order valence-corrected chi connectivity index (χ4v) is 13.9. The maximum atomic E-state index is 14.1. The number of nitrogens with zero attached hydrogens (tertiary/aromatic N) is 15. The van der Waals surface area contributed by atoms with Gasteiger partial charge in [-0.15, -0.1) is 10.2 Å². The van der Waals surface area contributed by atoms with E-state index in [-0.39, 0.29) is 116 Å². The molecule has 2 fully saturated rings. The van der Waals surface area contributed by atoms with Crippen molar-refractivity contribution < 1.29 is 76.3 Å². The van der Waals surface area contributed by atoms with Crippen LogP contribution in [0.2, 0.25) is 5.02 Å². The third kappa shape index (κ3) is 25.2. The fraction of sp³-hybridized carbons (Fsp3) is 0.481. The number of aliphatic imine (C=N–C) groups is 1. The van der Waals surface area contributed by atoms with Crippen molar-refractivity contribution in [1.29, 1.82) is 0 Å². The molecule has 6 aromatic heterocycles. The second-order valence-electron chi connectivity index (χ2n) is 28.5. The number of amides is 9. The van der Waals surface area contributed by atoms with Crippen LogP contribution in [0.5, 0.6) is 5.75 Å². The predicted molar refractivity (Wildman–Crippen MR) is 437 cm³/mol. The summed E-state index contributed by atoms with van der Waals surface area (Å²) >= 11 is 6.30. The van der Waals surface area contributed by atoms with Crippen LogP contribution in [-0.2, 0) is 82.8 Å². The van der Waals surface area contributed by atoms with Gasteiger partial charge in [0.1, 0.15) is 29.0 Å². The smallest absolute Gasteiger partial charge is 0.291 e. The Labute approximate surface area is 692 Å². The number of aromatic nitrogens is 11. The molecule has 638 valence electrons. The minimum absolute atomic E-state index is 0.00132. The van der Waals surface area contributed by atoms with Crippen LogP contribution in [0, 0.1) is 6.92 Å². The number of benzene rings is 2. The quantitative estimate of drug-likeness (QED) is 0.0254. The molecule has 2 saturated heterocycles. The SMILES string of the molecule is COc1ccc2c(c1)C(c1ccc(Cl)cc1)=N[C@@H](CC(=O)N1CCC(N3CCN(CCOCCOCCOCCOCCOCCOCCNC(=O)CCNC(=O)c4nc(NC(=O)CCNC(=O)c5cc(NC(=O)c6nc(NC(=O)CCNC(=O)c7cc(NC(=O)c8nccn8C)cn7C)cn6C)cn5C)cn4C)CC3)CC1)c1nnc(C)n1-2. The molecule has 0 radical (unpaired) electrons. The zero-order valence-electron chi connectivity index (χ0n) is 67.9. The molecule has 8 aromatic rings. The highest BCUT2D eigenvalue weighted by molar-refractivity contribution is 6.30. The Morgan fingerprint density at radius 3 is 1.55 bits per heavy atom. The largest absolute Gasteiger partial charge is 0.497 e. The number of imidazole rings is 3. The normalized spacial score (nSPS) is 14.3. The van der Waals surface area contributed by atoms with Gasteiger partial charge in [-0.25, -0.2) is 15.0 Å². The van der Waals surface area contributed by atoms with Crippen molar-refractivity contribution in [3.8, 4) is 11.4 Å². The van der Waals surface area contributed by atoms with Gasteiger partial charge in [0.15, 0.2) is 23.3 Å². The Morgan fingerprint density at radius 2 is 1.02 bits per heavy atom. The predicted octanol–water partition coefficient (Wildman–Crippen LogP) is 3.06. The van der Waals surface area contributed by atoms with Gasteiger partial charge >= 0.3 is 0 Å². The van der Waals surface area contributed by atoms with Crippen molar-refractivity contribution in [3.63, 3.8) is 0 Å². The number of methoxy groups -OCH3 is 1. The first-order chi connectivity index (χ1) is 57.5. The molecule has 0 unspecified atom stereocenters. The number of likely N-dealkylation sites (tertiary alicyclic amines) is 1. The van der Waals surface area contributed by atoms with E-state index in [0.29, 0.717) is 120 Å². The van der Waals surface area contributed by atoms with E-state index in [0.717, 1.165) is 68.1 Å². The summed E-state index contributed by atoms with van der Waals surface area (Å²) in [6.45, 7) is 13.3. The molecule has 119 heavy (non-hydrogen) atoms. The molecule has 9 amide bonds. The summed E-state index contributed by atoms with van der Waals surface area (Å²) in [5, 5.41) is 31.0. The van der Waals surface area contributed by atoms with Gasteiger partial charge in [-0.1, -0.05) is 23.7 Å². The van der Waals surface area contributed by atoms with Gasteiger partial charge < -0.3 is 103 Å². The van der Waals surface area contributed by atoms with Gasteiger partial charge in [0.2, 0.25) is 35.3 Å². The minimum atomic E-state index is -0.638. The van der Waals surface area contributed by atoms with Crippen LogP contribution in [0.25, 0.3) is 5.69 Å². The molecule has 0 saturated carbocycles. The van der Waals surface area contributed by atoms with Crippen LogP contribution in [0.1, 0.15) is 120 Å². The Kier molecular flexibility index (Phi) is 32.5. The third-order valence-corrected chi connectivity index (χ3v) is 20.2. The molecule has 0 spiro atoms. The summed E-state index contributed by atoms with van der Waals surface area (Å²) in [7, 11) is 9.69. The standard InChI is InChI=1S/C79H104ClN23O16/c1-52-93-94-71-60(88-70(53-8-10-54(80)11-9-53)59-46-58(113-7)12-13-61(59)103(52)71)47-69(107)102-24-17-57(18-25-102)101-29-27-100(28-30-101)31-33-115-35-37-117-39-41-119-43-42-118-40-38-116-36-34-114-32-23-81-66(104)14-19-85-77(110)73-91-64(50-98(73)5)89-67(105)15-20-84-76(109)63-45-56(49-97(63)4)87-79(112)74-92-65(51-99(74)6)90-68(106)16-21-83-75(108)62-44-55(48-96(62)3)86-78(111)72-82-22-26-95(72)2/h8-13,22,26,44-46,48-51,57,60H,14-21,23-25,27-43,47H2,1-7H3,(H,81,104)(H,83,108)(H,84,109)(H,85,110)(H,86,111)(H,87,112)(H,89,105)(H,90,106)/t60-/m0/s1. The molecule has 39 nitrogen and oxygen atoms in total. The second-order valence-corrected chi connectivity index (χ2v) is 28.9. The first-order valence-corrected chi connectivity index (χ1v) is 39.8. The monoisotopic (exact) mass is 1670 g/mol. The topological polar surface area (TPSA) is 431 Å². The van der Waals surface area contributed by atoms with E-state index < -0.39 is 47.4 Å². The average Bonchev–Trinajstić information content (AvgIpc) is 1.61. The molecular weight excluding hydrogens is 1560 g/mol. The lowest BCUT2D eigenvalue weighted by Crippen LogP contribution is -2.54. The van der Waals surface area contributed by atoms with Crippen molar-refractivity contribution in [2.45, 2.75) is 57.5 Å². The molecule has 8 N–H and O–H groups in total. The fourth-order valence-electron chi connectivity index (χ4n) is 13.7. The van der Waals surface area contributed by atoms with E-state index in [1.54, 1.807) is 59.3 Å². The summed E-state index contributed by atoms with van der Waals surface area (Å²) in [5.74, 6) is -1.52. The summed E-state index contributed by atoms with van der Waals surface area (Å²) in [6.07, 6.45) is 10.9. The summed E-state index contributed by atoms with van der Waals surface area (Å²) in [5.41, 5.74) is 4.41. The van der Waals surface area contributed by atoms with E-state index in [9.17, 15) is 43.2 Å². The Morgan fingerprint density at radius 1 is 0.504 bits per heavy atom. The molecular formula is C79H104ClN23O16. The number of halogens is 1. The molecule has 0 bridgehead atoms.